The second-order valence-corrected chi connectivity index (χ2v) is 8.23. The van der Waals surface area contributed by atoms with Crippen LogP contribution in [0.25, 0.3) is 0 Å². The van der Waals surface area contributed by atoms with E-state index in [1.165, 1.54) is 16.8 Å². The highest BCUT2D eigenvalue weighted by Gasteiger charge is 2.33. The molecule has 0 N–H and O–H groups in total. The molecule has 0 radical (unpaired) electrons. The molecule has 1 heterocycles. The maximum atomic E-state index is 5.16. The van der Waals surface area contributed by atoms with Gasteiger partial charge in [0.25, 0.3) is 0 Å². The van der Waals surface area contributed by atoms with Crippen molar-refractivity contribution in [2.75, 3.05) is 22.9 Å². The SMILES string of the molecule is CCN(CC)c1ccc(C2c3ccccc3N=C(c3ccccc3)N2c2ccccc2)cc1. The largest absolute Gasteiger partial charge is 0.372 e. The lowest BCUT2D eigenvalue weighted by Gasteiger charge is -2.39. The number of amidine groups is 1. The summed E-state index contributed by atoms with van der Waals surface area (Å²) in [5.74, 6) is 0.971. The zero-order valence-corrected chi connectivity index (χ0v) is 19.2. The van der Waals surface area contributed by atoms with E-state index in [1.807, 2.05) is 0 Å². The molecule has 0 spiro atoms. The standard InChI is InChI=1S/C30H29N3/c1-3-32(4-2)25-21-19-23(20-22-25)29-27-17-11-12-18-28(27)31-30(24-13-7-5-8-14-24)33(29)26-15-9-6-10-16-26/h5-22,29H,3-4H2,1-2H3. The van der Waals surface area contributed by atoms with Crippen LogP contribution in [0.5, 0.6) is 0 Å². The van der Waals surface area contributed by atoms with E-state index in [-0.39, 0.29) is 6.04 Å². The Morgan fingerprint density at radius 2 is 1.30 bits per heavy atom. The van der Waals surface area contributed by atoms with Crippen LogP contribution in [0.1, 0.15) is 36.6 Å². The number of aliphatic imine (C=N–C) groups is 1. The first kappa shape index (κ1) is 21.0. The molecule has 0 fully saturated rings. The van der Waals surface area contributed by atoms with Crippen molar-refractivity contribution in [2.45, 2.75) is 19.9 Å². The van der Waals surface area contributed by atoms with Crippen molar-refractivity contribution in [3.05, 3.63) is 126 Å². The van der Waals surface area contributed by atoms with Crippen molar-refractivity contribution >= 4 is 22.9 Å². The molecule has 3 nitrogen and oxygen atoms in total. The molecule has 0 amide bonds. The molecule has 0 saturated carbocycles. The average Bonchev–Trinajstić information content (AvgIpc) is 2.90. The van der Waals surface area contributed by atoms with Crippen LogP contribution in [0.4, 0.5) is 17.1 Å². The molecule has 1 aliphatic heterocycles. The van der Waals surface area contributed by atoms with Gasteiger partial charge in [-0.2, -0.15) is 0 Å². The second kappa shape index (κ2) is 9.33. The van der Waals surface area contributed by atoms with Crippen LogP contribution in [0.15, 0.2) is 114 Å². The Morgan fingerprint density at radius 3 is 1.97 bits per heavy atom. The lowest BCUT2D eigenvalue weighted by molar-refractivity contribution is 0.822. The maximum Gasteiger partial charge on any atom is 0.141 e. The predicted molar refractivity (Wildman–Crippen MR) is 140 cm³/mol. The van der Waals surface area contributed by atoms with Crippen LogP contribution in [0.3, 0.4) is 0 Å². The van der Waals surface area contributed by atoms with Crippen molar-refractivity contribution in [2.24, 2.45) is 4.99 Å². The molecule has 4 aromatic carbocycles. The van der Waals surface area contributed by atoms with Gasteiger partial charge in [0.1, 0.15) is 5.84 Å². The number of rotatable bonds is 6. The molecule has 164 valence electrons. The highest BCUT2D eigenvalue weighted by molar-refractivity contribution is 6.13. The molecule has 4 aromatic rings. The molecule has 1 unspecified atom stereocenters. The minimum atomic E-state index is 0.0297. The predicted octanol–water partition coefficient (Wildman–Crippen LogP) is 7.22. The van der Waals surface area contributed by atoms with Crippen LogP contribution in [-0.4, -0.2) is 18.9 Å². The zero-order chi connectivity index (χ0) is 22.6. The van der Waals surface area contributed by atoms with Crippen LogP contribution in [-0.2, 0) is 0 Å². The summed E-state index contributed by atoms with van der Waals surface area (Å²) in [5, 5.41) is 0. The summed E-state index contributed by atoms with van der Waals surface area (Å²) in [6, 6.07) is 38.7. The van der Waals surface area contributed by atoms with Gasteiger partial charge < -0.3 is 9.80 Å². The van der Waals surface area contributed by atoms with Crippen molar-refractivity contribution < 1.29 is 0 Å². The van der Waals surface area contributed by atoms with Crippen LogP contribution in [0, 0.1) is 0 Å². The Labute approximate surface area is 196 Å². The quantitative estimate of drug-likeness (QED) is 0.321. The Balaban J connectivity index is 1.70. The van der Waals surface area contributed by atoms with Crippen molar-refractivity contribution in [3.63, 3.8) is 0 Å². The first-order valence-corrected chi connectivity index (χ1v) is 11.7. The summed E-state index contributed by atoms with van der Waals surface area (Å²) >= 11 is 0. The average molecular weight is 432 g/mol. The molecule has 0 aliphatic carbocycles. The number of nitrogens with zero attached hydrogens (tertiary/aromatic N) is 3. The Morgan fingerprint density at radius 1 is 0.697 bits per heavy atom. The fraction of sp³-hybridized carbons (Fsp3) is 0.167. The fourth-order valence-electron chi connectivity index (χ4n) is 4.69. The first-order valence-electron chi connectivity index (χ1n) is 11.7. The molecule has 3 heteroatoms. The summed E-state index contributed by atoms with van der Waals surface area (Å²) in [5.41, 5.74) is 7.01. The zero-order valence-electron chi connectivity index (χ0n) is 19.2. The van der Waals surface area contributed by atoms with E-state index < -0.39 is 0 Å². The van der Waals surface area contributed by atoms with Gasteiger partial charge in [-0.25, -0.2) is 4.99 Å². The van der Waals surface area contributed by atoms with Gasteiger partial charge in [-0.05, 0) is 49.7 Å². The van der Waals surface area contributed by atoms with E-state index in [9.17, 15) is 0 Å². The normalized spacial score (nSPS) is 15.0. The van der Waals surface area contributed by atoms with E-state index in [0.29, 0.717) is 0 Å². The number of para-hydroxylation sites is 2. The van der Waals surface area contributed by atoms with E-state index >= 15 is 0 Å². The van der Waals surface area contributed by atoms with Gasteiger partial charge in [-0.15, -0.1) is 0 Å². The van der Waals surface area contributed by atoms with E-state index in [4.69, 9.17) is 4.99 Å². The van der Waals surface area contributed by atoms with Gasteiger partial charge in [0, 0.05) is 35.6 Å². The lowest BCUT2D eigenvalue weighted by Crippen LogP contribution is -2.38. The van der Waals surface area contributed by atoms with Crippen molar-refractivity contribution in [1.82, 2.24) is 0 Å². The third-order valence-electron chi connectivity index (χ3n) is 6.35. The number of anilines is 2. The Kier molecular flexibility index (Phi) is 5.95. The molecular weight excluding hydrogens is 402 g/mol. The van der Waals surface area contributed by atoms with E-state index in [1.54, 1.807) is 0 Å². The van der Waals surface area contributed by atoms with Gasteiger partial charge in [0.2, 0.25) is 0 Å². The minimum absolute atomic E-state index is 0.0297. The van der Waals surface area contributed by atoms with Crippen molar-refractivity contribution in [1.29, 1.82) is 0 Å². The number of hydrogen-bond donors (Lipinski definition) is 0. The van der Waals surface area contributed by atoms with Crippen LogP contribution < -0.4 is 9.80 Å². The lowest BCUT2D eigenvalue weighted by atomic mass is 9.92. The van der Waals surface area contributed by atoms with Gasteiger partial charge >= 0.3 is 0 Å². The Bertz CT molecular complexity index is 1230. The van der Waals surface area contributed by atoms with E-state index in [2.05, 4.69) is 133 Å². The van der Waals surface area contributed by atoms with Gasteiger partial charge in [-0.3, -0.25) is 0 Å². The molecule has 1 aliphatic rings. The molecule has 0 aromatic heterocycles. The molecule has 5 rings (SSSR count). The smallest absolute Gasteiger partial charge is 0.141 e. The summed E-state index contributed by atoms with van der Waals surface area (Å²) in [6.45, 7) is 6.41. The molecule has 0 saturated heterocycles. The number of fused-ring (bicyclic) bond motifs is 1. The number of hydrogen-bond acceptors (Lipinski definition) is 3. The third kappa shape index (κ3) is 4.03. The summed E-state index contributed by atoms with van der Waals surface area (Å²) in [4.78, 5) is 9.91. The highest BCUT2D eigenvalue weighted by atomic mass is 15.2. The number of benzene rings is 4. The van der Waals surface area contributed by atoms with Gasteiger partial charge in [-0.1, -0.05) is 78.9 Å². The van der Waals surface area contributed by atoms with Crippen LogP contribution in [0.2, 0.25) is 0 Å². The summed E-state index contributed by atoms with van der Waals surface area (Å²) in [6.07, 6.45) is 0. The molecule has 1 atom stereocenters. The Hall–Kier alpha value is -3.85. The maximum absolute atomic E-state index is 5.16. The highest BCUT2D eigenvalue weighted by Crippen LogP contribution is 2.43. The molecule has 33 heavy (non-hydrogen) atoms. The van der Waals surface area contributed by atoms with Crippen LogP contribution >= 0.6 is 0 Å². The molecular formula is C30H29N3. The summed E-state index contributed by atoms with van der Waals surface area (Å²) in [7, 11) is 0. The van der Waals surface area contributed by atoms with Gasteiger partial charge in [0.05, 0.1) is 11.7 Å². The summed E-state index contributed by atoms with van der Waals surface area (Å²) < 4.78 is 0. The monoisotopic (exact) mass is 431 g/mol. The van der Waals surface area contributed by atoms with Gasteiger partial charge in [0.15, 0.2) is 0 Å². The van der Waals surface area contributed by atoms with E-state index in [0.717, 1.165) is 35.9 Å². The second-order valence-electron chi connectivity index (χ2n) is 8.23. The molecule has 0 bridgehead atoms. The topological polar surface area (TPSA) is 18.8 Å². The minimum Gasteiger partial charge on any atom is -0.372 e. The fourth-order valence-corrected chi connectivity index (χ4v) is 4.69. The van der Waals surface area contributed by atoms with Crippen molar-refractivity contribution in [3.8, 4) is 0 Å². The third-order valence-corrected chi connectivity index (χ3v) is 6.35. The first-order chi connectivity index (χ1) is 16.3.